The number of aromatic nitrogens is 2. The van der Waals surface area contributed by atoms with Gasteiger partial charge in [0.05, 0.1) is 11.8 Å². The summed E-state index contributed by atoms with van der Waals surface area (Å²) in [6.07, 6.45) is 8.61. The highest BCUT2D eigenvalue weighted by Gasteiger charge is 2.41. The number of carbonyl (C=O) groups is 1. The molecule has 2 aliphatic heterocycles. The number of ether oxygens (including phenoxy) is 1. The van der Waals surface area contributed by atoms with E-state index in [1.807, 2.05) is 4.90 Å². The Kier molecular flexibility index (Phi) is 4.69. The number of hydrogen-bond acceptors (Lipinski definition) is 5. The molecular weight excluding hydrogens is 280 g/mol. The summed E-state index contributed by atoms with van der Waals surface area (Å²) in [6, 6.07) is 0.543. The van der Waals surface area contributed by atoms with E-state index in [1.54, 1.807) is 12.4 Å². The topological polar surface area (TPSA) is 67.3 Å². The number of hydrogen-bond donors (Lipinski definition) is 1. The minimum atomic E-state index is -0.0514. The lowest BCUT2D eigenvalue weighted by Crippen LogP contribution is -2.53. The molecule has 22 heavy (non-hydrogen) atoms. The first kappa shape index (κ1) is 15.4. The van der Waals surface area contributed by atoms with Gasteiger partial charge in [-0.3, -0.25) is 9.78 Å². The summed E-state index contributed by atoms with van der Waals surface area (Å²) in [4.78, 5) is 22.3. The summed E-state index contributed by atoms with van der Waals surface area (Å²) in [7, 11) is 0. The standard InChI is InChI=1S/C16H24N4O2/c1-2-18-13-3-10-22-16(11-13)4-8-20(9-5-16)15(21)14-12-17-6-7-19-14/h6-7,12-13,18H,2-5,8-11H2,1H3/t13-/m1/s1. The molecule has 1 aromatic heterocycles. The maximum absolute atomic E-state index is 12.4. The molecule has 2 fully saturated rings. The molecule has 3 rings (SSSR count). The number of nitrogens with one attached hydrogen (secondary N) is 1. The molecule has 0 saturated carbocycles. The van der Waals surface area contributed by atoms with E-state index in [1.165, 1.54) is 6.20 Å². The van der Waals surface area contributed by atoms with Crippen LogP contribution in [0.15, 0.2) is 18.6 Å². The monoisotopic (exact) mass is 304 g/mol. The largest absolute Gasteiger partial charge is 0.375 e. The molecule has 1 amide bonds. The van der Waals surface area contributed by atoms with Crippen LogP contribution in [0.2, 0.25) is 0 Å². The highest BCUT2D eigenvalue weighted by molar-refractivity contribution is 5.92. The first-order valence-electron chi connectivity index (χ1n) is 8.15. The van der Waals surface area contributed by atoms with Gasteiger partial charge in [-0.2, -0.15) is 0 Å². The molecular formula is C16H24N4O2. The zero-order chi connectivity index (χ0) is 15.4. The van der Waals surface area contributed by atoms with E-state index < -0.39 is 0 Å². The van der Waals surface area contributed by atoms with Gasteiger partial charge in [-0.25, -0.2) is 4.98 Å². The van der Waals surface area contributed by atoms with Crippen molar-refractivity contribution >= 4 is 5.91 Å². The Bertz CT molecular complexity index is 498. The van der Waals surface area contributed by atoms with E-state index in [2.05, 4.69) is 22.2 Å². The van der Waals surface area contributed by atoms with Crippen LogP contribution in [0.3, 0.4) is 0 Å². The molecule has 2 aliphatic rings. The molecule has 0 aliphatic carbocycles. The Morgan fingerprint density at radius 3 is 2.95 bits per heavy atom. The van der Waals surface area contributed by atoms with Crippen LogP contribution in [0, 0.1) is 0 Å². The van der Waals surface area contributed by atoms with Gasteiger partial charge < -0.3 is 15.0 Å². The van der Waals surface area contributed by atoms with Crippen molar-refractivity contribution in [3.05, 3.63) is 24.3 Å². The van der Waals surface area contributed by atoms with Crippen molar-refractivity contribution < 1.29 is 9.53 Å². The fourth-order valence-corrected chi connectivity index (χ4v) is 3.53. The summed E-state index contributed by atoms with van der Waals surface area (Å²) in [5, 5.41) is 3.54. The lowest BCUT2D eigenvalue weighted by atomic mass is 9.82. The molecule has 1 spiro atoms. The van der Waals surface area contributed by atoms with Gasteiger partial charge in [-0.05, 0) is 32.2 Å². The number of nitrogens with zero attached hydrogens (tertiary/aromatic N) is 3. The van der Waals surface area contributed by atoms with Crippen molar-refractivity contribution in [1.82, 2.24) is 20.2 Å². The molecule has 0 radical (unpaired) electrons. The Hall–Kier alpha value is -1.53. The van der Waals surface area contributed by atoms with Crippen LogP contribution in [-0.2, 0) is 4.74 Å². The summed E-state index contributed by atoms with van der Waals surface area (Å²) in [5.74, 6) is -0.0259. The van der Waals surface area contributed by atoms with Crippen molar-refractivity contribution in [3.63, 3.8) is 0 Å². The molecule has 1 N–H and O–H groups in total. The summed E-state index contributed by atoms with van der Waals surface area (Å²) in [5.41, 5.74) is 0.373. The first-order chi connectivity index (χ1) is 10.7. The third-order valence-corrected chi connectivity index (χ3v) is 4.73. The molecule has 3 heterocycles. The SMILES string of the molecule is CCN[C@@H]1CCOC2(CCN(C(=O)c3cnccn3)CC2)C1. The van der Waals surface area contributed by atoms with Gasteiger partial charge >= 0.3 is 0 Å². The van der Waals surface area contributed by atoms with Crippen molar-refractivity contribution in [2.75, 3.05) is 26.2 Å². The molecule has 2 saturated heterocycles. The maximum atomic E-state index is 12.4. The number of carbonyl (C=O) groups excluding carboxylic acids is 1. The summed E-state index contributed by atoms with van der Waals surface area (Å²) in [6.45, 7) is 5.42. The first-order valence-corrected chi connectivity index (χ1v) is 8.15. The van der Waals surface area contributed by atoms with Crippen molar-refractivity contribution in [1.29, 1.82) is 0 Å². The summed E-state index contributed by atoms with van der Waals surface area (Å²) < 4.78 is 6.11. The van der Waals surface area contributed by atoms with Gasteiger partial charge in [0, 0.05) is 38.1 Å². The lowest BCUT2D eigenvalue weighted by Gasteiger charge is -2.46. The van der Waals surface area contributed by atoms with E-state index in [0.29, 0.717) is 11.7 Å². The summed E-state index contributed by atoms with van der Waals surface area (Å²) >= 11 is 0. The molecule has 1 atom stereocenters. The van der Waals surface area contributed by atoms with Crippen molar-refractivity contribution in [3.8, 4) is 0 Å². The van der Waals surface area contributed by atoms with E-state index in [4.69, 9.17) is 4.74 Å². The predicted octanol–water partition coefficient (Wildman–Crippen LogP) is 1.24. The van der Waals surface area contributed by atoms with E-state index >= 15 is 0 Å². The van der Waals surface area contributed by atoms with Crippen molar-refractivity contribution in [2.24, 2.45) is 0 Å². The van der Waals surface area contributed by atoms with Gasteiger partial charge in [-0.15, -0.1) is 0 Å². The lowest BCUT2D eigenvalue weighted by molar-refractivity contribution is -0.115. The Balaban J connectivity index is 1.59. The van der Waals surface area contributed by atoms with Gasteiger partial charge in [-0.1, -0.05) is 6.92 Å². The quantitative estimate of drug-likeness (QED) is 0.910. The second-order valence-electron chi connectivity index (χ2n) is 6.16. The smallest absolute Gasteiger partial charge is 0.274 e. The van der Waals surface area contributed by atoms with Gasteiger partial charge in [0.15, 0.2) is 0 Å². The number of piperidine rings is 1. The van der Waals surface area contributed by atoms with E-state index in [0.717, 1.165) is 51.9 Å². The fraction of sp³-hybridized carbons (Fsp3) is 0.688. The van der Waals surface area contributed by atoms with Gasteiger partial charge in [0.1, 0.15) is 5.69 Å². The zero-order valence-electron chi connectivity index (χ0n) is 13.1. The van der Waals surface area contributed by atoms with Crippen LogP contribution in [0.5, 0.6) is 0 Å². The van der Waals surface area contributed by atoms with E-state index in [9.17, 15) is 4.79 Å². The van der Waals surface area contributed by atoms with Crippen LogP contribution in [0.1, 0.15) is 43.1 Å². The predicted molar refractivity (Wildman–Crippen MR) is 82.6 cm³/mol. The van der Waals surface area contributed by atoms with Crippen LogP contribution in [0.25, 0.3) is 0 Å². The molecule has 6 heteroatoms. The zero-order valence-corrected chi connectivity index (χ0v) is 13.1. The average Bonchev–Trinajstić information content (AvgIpc) is 2.56. The molecule has 1 aromatic rings. The average molecular weight is 304 g/mol. The van der Waals surface area contributed by atoms with Gasteiger partial charge in [0.25, 0.3) is 5.91 Å². The minimum Gasteiger partial charge on any atom is -0.375 e. The second kappa shape index (κ2) is 6.71. The number of amides is 1. The normalized spacial score (nSPS) is 24.4. The van der Waals surface area contributed by atoms with Crippen molar-refractivity contribution in [2.45, 2.75) is 44.2 Å². The Morgan fingerprint density at radius 2 is 2.27 bits per heavy atom. The number of rotatable bonds is 3. The maximum Gasteiger partial charge on any atom is 0.274 e. The molecule has 0 aromatic carbocycles. The molecule has 0 unspecified atom stereocenters. The third kappa shape index (κ3) is 3.28. The highest BCUT2D eigenvalue weighted by Crippen LogP contribution is 2.35. The second-order valence-corrected chi connectivity index (χ2v) is 6.16. The number of likely N-dealkylation sites (tertiary alicyclic amines) is 1. The van der Waals surface area contributed by atoms with Crippen LogP contribution >= 0.6 is 0 Å². The molecule has 0 bridgehead atoms. The highest BCUT2D eigenvalue weighted by atomic mass is 16.5. The third-order valence-electron chi connectivity index (χ3n) is 4.73. The molecule has 6 nitrogen and oxygen atoms in total. The van der Waals surface area contributed by atoms with Crippen LogP contribution in [-0.4, -0.2) is 58.7 Å². The fourth-order valence-electron chi connectivity index (χ4n) is 3.53. The molecule has 120 valence electrons. The van der Waals surface area contributed by atoms with Gasteiger partial charge in [0.2, 0.25) is 0 Å². The minimum absolute atomic E-state index is 0.0259. The van der Waals surface area contributed by atoms with E-state index in [-0.39, 0.29) is 11.5 Å². The van der Waals surface area contributed by atoms with Crippen LogP contribution in [0.4, 0.5) is 0 Å². The Labute approximate surface area is 131 Å². The van der Waals surface area contributed by atoms with Crippen LogP contribution < -0.4 is 5.32 Å². The Morgan fingerprint density at radius 1 is 1.45 bits per heavy atom.